The number of rotatable bonds is 9. The monoisotopic (exact) mass is 550 g/mol. The minimum Gasteiger partial charge on any atom is -0.493 e. The number of nitrogens with one attached hydrogen (secondary N) is 1. The van der Waals surface area contributed by atoms with Gasteiger partial charge in [0, 0.05) is 39.1 Å². The lowest BCUT2D eigenvalue weighted by Gasteiger charge is -2.31. The molecule has 206 valence electrons. The molecule has 1 aliphatic rings. The summed E-state index contributed by atoms with van der Waals surface area (Å²) < 4.78 is 36.1. The second-order valence-electron chi connectivity index (χ2n) is 9.74. The van der Waals surface area contributed by atoms with Crippen molar-refractivity contribution >= 4 is 21.1 Å². The van der Waals surface area contributed by atoms with Gasteiger partial charge >= 0.3 is 0 Å². The van der Waals surface area contributed by atoms with Crippen LogP contribution < -0.4 is 10.3 Å². The fourth-order valence-electron chi connectivity index (χ4n) is 4.87. The van der Waals surface area contributed by atoms with Crippen molar-refractivity contribution < 1.29 is 13.2 Å². The molecule has 4 aromatic rings. The summed E-state index contributed by atoms with van der Waals surface area (Å²) in [5.41, 5.74) is 2.26. The fraction of sp³-hybridized carbons (Fsp3) is 0.393. The van der Waals surface area contributed by atoms with E-state index in [1.54, 1.807) is 22.9 Å². The minimum atomic E-state index is -3.73. The first-order valence-electron chi connectivity index (χ1n) is 13.3. The van der Waals surface area contributed by atoms with Gasteiger partial charge in [-0.15, -0.1) is 0 Å². The first kappa shape index (κ1) is 27.0. The van der Waals surface area contributed by atoms with Crippen LogP contribution in [0.25, 0.3) is 22.4 Å². The van der Waals surface area contributed by atoms with E-state index in [0.717, 1.165) is 12.0 Å². The van der Waals surface area contributed by atoms with Gasteiger partial charge in [-0.2, -0.15) is 9.40 Å². The quantitative estimate of drug-likeness (QED) is 0.341. The maximum atomic E-state index is 13.5. The molecule has 11 heteroatoms. The molecular formula is C28H34N6O4S. The molecule has 0 atom stereocenters. The summed E-state index contributed by atoms with van der Waals surface area (Å²) in [6.07, 6.45) is 1.31. The van der Waals surface area contributed by atoms with E-state index in [2.05, 4.69) is 9.88 Å². The SMILES string of the molecule is CCCn1nc(Cc2ccccc2)c2c(=O)[nH]c(-c3cc(S(=O)(=O)N4CCN(C)CC4)ccc3OCC)nc21. The Morgan fingerprint density at radius 2 is 1.77 bits per heavy atom. The normalized spacial score (nSPS) is 15.2. The number of ether oxygens (including phenoxy) is 1. The molecule has 1 aliphatic heterocycles. The predicted molar refractivity (Wildman–Crippen MR) is 151 cm³/mol. The molecule has 39 heavy (non-hydrogen) atoms. The molecule has 2 aromatic heterocycles. The molecule has 2 aromatic carbocycles. The Balaban J connectivity index is 1.62. The van der Waals surface area contributed by atoms with Crippen LogP contribution in [0, 0.1) is 0 Å². The van der Waals surface area contributed by atoms with Crippen molar-refractivity contribution in [2.24, 2.45) is 0 Å². The number of aryl methyl sites for hydroxylation is 1. The third kappa shape index (κ3) is 5.47. The van der Waals surface area contributed by atoms with Gasteiger partial charge in [0.25, 0.3) is 5.56 Å². The van der Waals surface area contributed by atoms with E-state index < -0.39 is 10.0 Å². The molecule has 5 rings (SSSR count). The number of nitrogens with zero attached hydrogens (tertiary/aromatic N) is 5. The van der Waals surface area contributed by atoms with E-state index >= 15 is 0 Å². The van der Waals surface area contributed by atoms with Gasteiger partial charge in [0.1, 0.15) is 17.0 Å². The van der Waals surface area contributed by atoms with Crippen LogP contribution in [0.5, 0.6) is 5.75 Å². The zero-order chi connectivity index (χ0) is 27.6. The zero-order valence-electron chi connectivity index (χ0n) is 22.6. The Kier molecular flexibility index (Phi) is 7.83. The van der Waals surface area contributed by atoms with Crippen molar-refractivity contribution in [3.63, 3.8) is 0 Å². The van der Waals surface area contributed by atoms with Crippen LogP contribution in [-0.2, 0) is 23.0 Å². The van der Waals surface area contributed by atoms with Gasteiger partial charge in [-0.05, 0) is 44.2 Å². The highest BCUT2D eigenvalue weighted by Crippen LogP contribution is 2.32. The average Bonchev–Trinajstić information content (AvgIpc) is 3.27. The number of piperazine rings is 1. The van der Waals surface area contributed by atoms with Crippen molar-refractivity contribution in [1.82, 2.24) is 29.0 Å². The molecular weight excluding hydrogens is 516 g/mol. The largest absolute Gasteiger partial charge is 0.493 e. The number of fused-ring (bicyclic) bond motifs is 1. The highest BCUT2D eigenvalue weighted by Gasteiger charge is 2.29. The van der Waals surface area contributed by atoms with Crippen LogP contribution >= 0.6 is 0 Å². The maximum absolute atomic E-state index is 13.5. The van der Waals surface area contributed by atoms with Crippen LogP contribution in [-0.4, -0.2) is 77.2 Å². The van der Waals surface area contributed by atoms with Crippen LogP contribution in [0.2, 0.25) is 0 Å². The Morgan fingerprint density at radius 1 is 1.03 bits per heavy atom. The van der Waals surface area contributed by atoms with Gasteiger partial charge in [-0.25, -0.2) is 18.1 Å². The second-order valence-corrected chi connectivity index (χ2v) is 11.7. The molecule has 0 saturated carbocycles. The lowest BCUT2D eigenvalue weighted by atomic mass is 10.1. The molecule has 1 N–H and O–H groups in total. The Labute approximate surface area is 228 Å². The van der Waals surface area contributed by atoms with Crippen LogP contribution in [0.15, 0.2) is 58.2 Å². The van der Waals surface area contributed by atoms with E-state index in [-0.39, 0.29) is 16.3 Å². The Hall–Kier alpha value is -3.54. The molecule has 1 saturated heterocycles. The lowest BCUT2D eigenvalue weighted by molar-refractivity contribution is 0.222. The van der Waals surface area contributed by atoms with E-state index in [0.29, 0.717) is 73.8 Å². The van der Waals surface area contributed by atoms with Gasteiger partial charge in [-0.3, -0.25) is 4.79 Å². The molecule has 1 fully saturated rings. The first-order chi connectivity index (χ1) is 18.8. The summed E-state index contributed by atoms with van der Waals surface area (Å²) in [6, 6.07) is 14.6. The molecule has 0 spiro atoms. The number of sulfonamides is 1. The Bertz CT molecular complexity index is 1620. The average molecular weight is 551 g/mol. The standard InChI is InChI=1S/C28H34N6O4S/c1-4-13-34-27-25(23(31-34)18-20-9-7-6-8-10-20)28(35)30-26(29-27)22-19-21(11-12-24(22)38-5-2)39(36,37)33-16-14-32(3)15-17-33/h6-12,19H,4-5,13-18H2,1-3H3,(H,29,30,35). The molecule has 0 bridgehead atoms. The summed E-state index contributed by atoms with van der Waals surface area (Å²) in [6.45, 7) is 7.04. The number of hydrogen-bond acceptors (Lipinski definition) is 7. The van der Waals surface area contributed by atoms with Crippen LogP contribution in [0.1, 0.15) is 31.5 Å². The van der Waals surface area contributed by atoms with E-state index in [9.17, 15) is 13.2 Å². The third-order valence-electron chi connectivity index (χ3n) is 6.93. The number of aromatic nitrogens is 4. The number of H-pyrrole nitrogens is 1. The number of likely N-dealkylation sites (N-methyl/N-ethyl adjacent to an activating group) is 1. The summed E-state index contributed by atoms with van der Waals surface area (Å²) in [5, 5.41) is 5.19. The van der Waals surface area contributed by atoms with Crippen molar-refractivity contribution in [2.45, 2.75) is 38.1 Å². The molecule has 10 nitrogen and oxygen atoms in total. The Morgan fingerprint density at radius 3 is 2.46 bits per heavy atom. The summed E-state index contributed by atoms with van der Waals surface area (Å²) in [7, 11) is -1.76. The summed E-state index contributed by atoms with van der Waals surface area (Å²) >= 11 is 0. The van der Waals surface area contributed by atoms with Crippen LogP contribution in [0.3, 0.4) is 0 Å². The molecule has 0 aliphatic carbocycles. The van der Waals surface area contributed by atoms with E-state index in [4.69, 9.17) is 14.8 Å². The first-order valence-corrected chi connectivity index (χ1v) is 14.7. The zero-order valence-corrected chi connectivity index (χ0v) is 23.4. The van der Waals surface area contributed by atoms with Gasteiger partial charge in [0.05, 0.1) is 22.8 Å². The van der Waals surface area contributed by atoms with Crippen molar-refractivity contribution in [2.75, 3.05) is 39.8 Å². The van der Waals surface area contributed by atoms with Gasteiger partial charge in [0.2, 0.25) is 10.0 Å². The number of benzene rings is 2. The lowest BCUT2D eigenvalue weighted by Crippen LogP contribution is -2.47. The van der Waals surface area contributed by atoms with Gasteiger partial charge < -0.3 is 14.6 Å². The molecule has 0 unspecified atom stereocenters. The molecule has 0 amide bonds. The molecule has 0 radical (unpaired) electrons. The number of hydrogen-bond donors (Lipinski definition) is 1. The highest BCUT2D eigenvalue weighted by atomic mass is 32.2. The van der Waals surface area contributed by atoms with Gasteiger partial charge in [-0.1, -0.05) is 37.3 Å². The molecule has 3 heterocycles. The summed E-state index contributed by atoms with van der Waals surface area (Å²) in [5.74, 6) is 0.693. The smallest absolute Gasteiger partial charge is 0.262 e. The van der Waals surface area contributed by atoms with Crippen molar-refractivity contribution in [3.8, 4) is 17.1 Å². The summed E-state index contributed by atoms with van der Waals surface area (Å²) in [4.78, 5) is 23.5. The number of aromatic amines is 1. The van der Waals surface area contributed by atoms with Crippen molar-refractivity contribution in [1.29, 1.82) is 0 Å². The third-order valence-corrected chi connectivity index (χ3v) is 8.83. The van der Waals surface area contributed by atoms with Crippen molar-refractivity contribution in [3.05, 3.63) is 70.1 Å². The van der Waals surface area contributed by atoms with Crippen LogP contribution in [0.4, 0.5) is 0 Å². The minimum absolute atomic E-state index is 0.139. The maximum Gasteiger partial charge on any atom is 0.262 e. The highest BCUT2D eigenvalue weighted by molar-refractivity contribution is 7.89. The topological polar surface area (TPSA) is 113 Å². The second kappa shape index (κ2) is 11.3. The van der Waals surface area contributed by atoms with E-state index in [1.165, 1.54) is 4.31 Å². The predicted octanol–water partition coefficient (Wildman–Crippen LogP) is 3.12. The fourth-order valence-corrected chi connectivity index (χ4v) is 6.32. The van der Waals surface area contributed by atoms with E-state index in [1.807, 2.05) is 51.2 Å². The van der Waals surface area contributed by atoms with Gasteiger partial charge in [0.15, 0.2) is 5.65 Å².